The van der Waals surface area contributed by atoms with E-state index in [1.807, 2.05) is 0 Å². The third kappa shape index (κ3) is 12.0. The Morgan fingerprint density at radius 1 is 0.667 bits per heavy atom. The monoisotopic (exact) mass is 1270 g/mol. The van der Waals surface area contributed by atoms with Gasteiger partial charge in [0.15, 0.2) is 29.1 Å². The van der Waals surface area contributed by atoms with Crippen molar-refractivity contribution in [2.75, 3.05) is 42.7 Å². The van der Waals surface area contributed by atoms with Crippen molar-refractivity contribution >= 4 is 120 Å². The third-order valence-corrected chi connectivity index (χ3v) is 16.3. The Morgan fingerprint density at radius 3 is 1.67 bits per heavy atom. The molecule has 6 heterocycles. The maximum absolute atomic E-state index is 15.9. The molecule has 0 spiro atoms. The first-order valence-electron chi connectivity index (χ1n) is 28.2. The lowest BCUT2D eigenvalue weighted by molar-refractivity contribution is -0.137. The zero-order chi connectivity index (χ0) is 63.8. The van der Waals surface area contributed by atoms with Crippen molar-refractivity contribution in [3.05, 3.63) is 161 Å². The molecule has 21 nitrogen and oxygen atoms in total. The maximum Gasteiger partial charge on any atom is 0.247 e. The summed E-state index contributed by atoms with van der Waals surface area (Å²) in [7, 11) is 1.45. The highest BCUT2D eigenvalue weighted by Crippen LogP contribution is 2.40. The zero-order valence-electron chi connectivity index (χ0n) is 48.4. The van der Waals surface area contributed by atoms with Gasteiger partial charge in [0.05, 0.1) is 75.5 Å². The molecule has 12 rings (SSSR count). The van der Waals surface area contributed by atoms with Gasteiger partial charge in [-0.1, -0.05) is 96.0 Å². The number of methoxy groups -OCH3 is 1. The number of likely N-dealkylation sites (tertiary alicyclic amines) is 2. The highest BCUT2D eigenvalue weighted by atomic mass is 35.5. The predicted octanol–water partition coefficient (Wildman–Crippen LogP) is 10.3. The quantitative estimate of drug-likeness (QED) is 0.0323. The van der Waals surface area contributed by atoms with E-state index >= 15 is 8.78 Å². The molecule has 10 aromatic rings. The normalized spacial score (nSPS) is 16.4. The molecule has 2 fully saturated rings. The number of para-hydroxylation sites is 2. The predicted molar refractivity (Wildman–Crippen MR) is 332 cm³/mol. The smallest absolute Gasteiger partial charge is 0.247 e. The van der Waals surface area contributed by atoms with Crippen molar-refractivity contribution in [3.63, 3.8) is 0 Å². The molecular weight excluding hydrogens is 1210 g/mol. The number of halogens is 6. The highest BCUT2D eigenvalue weighted by molar-refractivity contribution is 6.38. The number of aromatic amines is 1. The van der Waals surface area contributed by atoms with Crippen LogP contribution in [-0.2, 0) is 43.5 Å². The van der Waals surface area contributed by atoms with E-state index in [-0.39, 0.29) is 100 Å². The number of benzene rings is 6. The molecule has 6 N–H and O–H groups in total. The molecule has 90 heavy (non-hydrogen) atoms. The van der Waals surface area contributed by atoms with E-state index in [1.165, 1.54) is 54.6 Å². The molecule has 4 aromatic heterocycles. The standard InChI is InChI=1S/C32H28ClF2N7O4.C31H28ClF2N7O3/c1-16(43)29-21-7-4-5-10-24(21)42(40-29)15-26(44)41-14-18(34)13-25(41)31(45)37-22-9-6-8-20(28(22)35)19-11-12-23-30(27(19)33)39-32(38-23)36-17(2)46-3;1-17(42)29-21-5-2-3-8-24(21)41(38-29)15-26(43)40-14-18(33)13-25(40)31(44)37-22-7-4-6-20(28(22)34)19-9-10-23-30(27(19)32)39(12-11-35)16-36-23/h4-12,18,25H,2,13-15H2,1,3H3,(H,37,45)(H2,36,38,39);2-10,16,18,25H,11-15,35H2,1H3,(H,37,44)/t2*18-,25+/m11/s1. The molecular formula is C63H56Cl2F4N14O7. The number of fused-ring (bicyclic) bond motifs is 4. The molecule has 4 atom stereocenters. The number of amides is 4. The van der Waals surface area contributed by atoms with Crippen molar-refractivity contribution in [3.8, 4) is 22.3 Å². The van der Waals surface area contributed by atoms with Crippen LogP contribution in [0, 0.1) is 11.6 Å². The second-order valence-corrected chi connectivity index (χ2v) is 22.2. The fourth-order valence-electron chi connectivity index (χ4n) is 11.3. The number of aromatic nitrogens is 8. The van der Waals surface area contributed by atoms with Crippen LogP contribution in [0.3, 0.4) is 0 Å². The lowest BCUT2D eigenvalue weighted by Gasteiger charge is -2.24. The first-order valence-corrected chi connectivity index (χ1v) is 29.0. The lowest BCUT2D eigenvalue weighted by Crippen LogP contribution is -2.44. The molecule has 0 saturated carbocycles. The number of Topliss-reactive ketones (excluding diaryl/α,β-unsaturated/α-hetero) is 2. The van der Waals surface area contributed by atoms with Crippen molar-refractivity contribution < 1.29 is 51.1 Å². The number of hydrogen-bond acceptors (Lipinski definition) is 13. The van der Waals surface area contributed by atoms with E-state index in [4.69, 9.17) is 33.7 Å². The summed E-state index contributed by atoms with van der Waals surface area (Å²) in [5.41, 5.74) is 10.1. The number of nitrogens with two attached hydrogens (primary N) is 1. The Hall–Kier alpha value is -9.98. The number of nitrogens with zero attached hydrogens (tertiary/aromatic N) is 9. The van der Waals surface area contributed by atoms with Crippen LogP contribution >= 0.6 is 23.2 Å². The second kappa shape index (κ2) is 25.6. The van der Waals surface area contributed by atoms with Crippen LogP contribution in [0.4, 0.5) is 34.9 Å². The fourth-order valence-corrected chi connectivity index (χ4v) is 12.0. The van der Waals surface area contributed by atoms with Crippen LogP contribution in [0.2, 0.25) is 10.0 Å². The van der Waals surface area contributed by atoms with Crippen molar-refractivity contribution in [1.29, 1.82) is 0 Å². The summed E-state index contributed by atoms with van der Waals surface area (Å²) >= 11 is 13.4. The number of ketones is 2. The van der Waals surface area contributed by atoms with Crippen molar-refractivity contribution in [2.45, 2.75) is 70.8 Å². The number of nitrogens with one attached hydrogen (secondary N) is 4. The van der Waals surface area contributed by atoms with Gasteiger partial charge in [-0.2, -0.15) is 10.2 Å². The topological polar surface area (TPSA) is 262 Å². The van der Waals surface area contributed by atoms with Crippen LogP contribution in [-0.4, -0.2) is 135 Å². The van der Waals surface area contributed by atoms with Crippen LogP contribution in [0.5, 0.6) is 0 Å². The SMILES string of the molecule is C=C(Nc1nc2c(Cl)c(-c3cccc(NC(=O)[C@@H]4C[C@@H](F)CN4C(=O)Cn4nc(C(C)=O)c5ccccc54)c3F)ccc2[nH]1)OC.CC(=O)c1nn(CC(=O)N2C[C@H](F)C[C@H]2C(=O)Nc2cccc(-c3ccc4ncn(CCN)c4c3Cl)c2F)c2ccccc12. The van der Waals surface area contributed by atoms with E-state index in [2.05, 4.69) is 47.7 Å². The van der Waals surface area contributed by atoms with Gasteiger partial charge in [0, 0.05) is 72.8 Å². The van der Waals surface area contributed by atoms with Gasteiger partial charge < -0.3 is 40.5 Å². The molecule has 462 valence electrons. The van der Waals surface area contributed by atoms with Crippen LogP contribution in [0.15, 0.2) is 128 Å². The molecule has 27 heteroatoms. The van der Waals surface area contributed by atoms with Gasteiger partial charge in [0.2, 0.25) is 29.6 Å². The number of anilines is 3. The number of carbonyl (C=O) groups is 6. The largest absolute Gasteiger partial charge is 0.483 e. The van der Waals surface area contributed by atoms with Crippen LogP contribution in [0.1, 0.15) is 47.7 Å². The van der Waals surface area contributed by atoms with Gasteiger partial charge in [-0.05, 0) is 43.0 Å². The summed E-state index contributed by atoms with van der Waals surface area (Å²) in [6, 6.07) is 27.1. The minimum Gasteiger partial charge on any atom is -0.483 e. The van der Waals surface area contributed by atoms with E-state index in [1.54, 1.807) is 95.8 Å². The maximum atomic E-state index is 15.9. The van der Waals surface area contributed by atoms with E-state index in [0.29, 0.717) is 74.0 Å². The van der Waals surface area contributed by atoms with Crippen LogP contribution < -0.4 is 21.7 Å². The highest BCUT2D eigenvalue weighted by Gasteiger charge is 2.42. The van der Waals surface area contributed by atoms with E-state index < -0.39 is 59.7 Å². The average Bonchev–Trinajstić information content (AvgIpc) is 1.45. The Bertz CT molecular complexity index is 4550. The van der Waals surface area contributed by atoms with Crippen molar-refractivity contribution in [2.24, 2.45) is 5.73 Å². The van der Waals surface area contributed by atoms with Crippen LogP contribution in [0.25, 0.3) is 66.1 Å². The van der Waals surface area contributed by atoms with Gasteiger partial charge in [-0.25, -0.2) is 27.5 Å². The molecule has 0 bridgehead atoms. The fraction of sp³-hybridized carbons (Fsp3) is 0.238. The Morgan fingerprint density at radius 2 is 1.17 bits per heavy atom. The molecule has 4 amide bonds. The number of imidazole rings is 2. The first kappa shape index (κ1) is 61.7. The summed E-state index contributed by atoms with van der Waals surface area (Å²) in [6.45, 7) is 6.03. The summed E-state index contributed by atoms with van der Waals surface area (Å²) in [5, 5.41) is 18.1. The average molecular weight is 1270 g/mol. The summed E-state index contributed by atoms with van der Waals surface area (Å²) in [6.07, 6.45) is -1.80. The van der Waals surface area contributed by atoms with E-state index in [0.717, 1.165) is 9.80 Å². The molecule has 0 unspecified atom stereocenters. The van der Waals surface area contributed by atoms with E-state index in [9.17, 15) is 37.5 Å². The Kier molecular flexibility index (Phi) is 17.6. The molecule has 2 aliphatic heterocycles. The van der Waals surface area contributed by atoms with Gasteiger partial charge in [0.1, 0.15) is 54.4 Å². The van der Waals surface area contributed by atoms with Gasteiger partial charge in [0.25, 0.3) is 0 Å². The minimum absolute atomic E-state index is 0.0954. The summed E-state index contributed by atoms with van der Waals surface area (Å²) in [4.78, 5) is 91.8. The first-order chi connectivity index (χ1) is 43.2. The molecule has 2 aliphatic rings. The lowest BCUT2D eigenvalue weighted by atomic mass is 10.0. The Balaban J connectivity index is 0.000000185. The number of carbonyl (C=O) groups excluding carboxylic acids is 6. The van der Waals surface area contributed by atoms with Gasteiger partial charge in [-0.15, -0.1) is 0 Å². The summed E-state index contributed by atoms with van der Waals surface area (Å²) in [5.74, 6) is -4.07. The molecule has 6 aromatic carbocycles. The van der Waals surface area contributed by atoms with Gasteiger partial charge in [-0.3, -0.25) is 43.4 Å². The minimum atomic E-state index is -1.46. The molecule has 0 radical (unpaired) electrons. The van der Waals surface area contributed by atoms with Crippen molar-refractivity contribution in [1.82, 2.24) is 48.9 Å². The number of alkyl halides is 2. The zero-order valence-corrected chi connectivity index (χ0v) is 49.9. The third-order valence-electron chi connectivity index (χ3n) is 15.6. The number of ether oxygens (including phenoxy) is 1. The molecule has 2 saturated heterocycles. The Labute approximate surface area is 519 Å². The second-order valence-electron chi connectivity index (χ2n) is 21.4. The summed E-state index contributed by atoms with van der Waals surface area (Å²) < 4.78 is 70.6. The molecule has 0 aliphatic carbocycles. The number of hydrogen-bond donors (Lipinski definition) is 5. The number of rotatable bonds is 17. The van der Waals surface area contributed by atoms with Gasteiger partial charge >= 0.3 is 0 Å². The number of H-pyrrole nitrogens is 1.